The number of likely N-dealkylation sites (N-methyl/N-ethyl adjacent to an activating group) is 1. The van der Waals surface area contributed by atoms with Crippen LogP contribution in [0.5, 0.6) is 0 Å². The van der Waals surface area contributed by atoms with E-state index in [1.54, 1.807) is 4.90 Å². The molecular weight excluding hydrogens is 266 g/mol. The second-order valence-electron chi connectivity index (χ2n) is 4.83. The maximum Gasteiger partial charge on any atom is 0.223 e. The summed E-state index contributed by atoms with van der Waals surface area (Å²) in [6.45, 7) is 2.92. The number of hydrogen-bond donors (Lipinski definition) is 1. The predicted molar refractivity (Wildman–Crippen MR) is 81.8 cm³/mol. The lowest BCUT2D eigenvalue weighted by Gasteiger charge is -2.19. The zero-order chi connectivity index (χ0) is 15.1. The zero-order valence-electron chi connectivity index (χ0n) is 12.3. The van der Waals surface area contributed by atoms with Crippen LogP contribution in [0, 0.1) is 0 Å². The van der Waals surface area contributed by atoms with Gasteiger partial charge in [0, 0.05) is 31.5 Å². The fraction of sp³-hybridized carbons (Fsp3) is 0.353. The van der Waals surface area contributed by atoms with Gasteiger partial charge in [0.15, 0.2) is 0 Å². The highest BCUT2D eigenvalue weighted by atomic mass is 16.3. The minimum atomic E-state index is -0.00150. The van der Waals surface area contributed by atoms with Crippen LogP contribution >= 0.6 is 0 Å². The van der Waals surface area contributed by atoms with Crippen molar-refractivity contribution in [3.05, 3.63) is 48.2 Å². The summed E-state index contributed by atoms with van der Waals surface area (Å²) in [5.74, 6) is 1.67. The molecule has 2 aromatic rings. The smallest absolute Gasteiger partial charge is 0.223 e. The van der Waals surface area contributed by atoms with Crippen molar-refractivity contribution in [3.63, 3.8) is 0 Å². The van der Waals surface area contributed by atoms with Crippen LogP contribution in [0.25, 0.3) is 11.3 Å². The molecule has 0 radical (unpaired) electrons. The van der Waals surface area contributed by atoms with Crippen molar-refractivity contribution in [2.75, 3.05) is 19.7 Å². The highest BCUT2D eigenvalue weighted by Crippen LogP contribution is 2.22. The number of furan rings is 1. The Morgan fingerprint density at radius 1 is 1.19 bits per heavy atom. The molecule has 0 spiro atoms. The monoisotopic (exact) mass is 287 g/mol. The van der Waals surface area contributed by atoms with Gasteiger partial charge in [-0.15, -0.1) is 0 Å². The number of benzene rings is 1. The molecular formula is C17H21NO3. The molecule has 1 aromatic carbocycles. The standard InChI is InChI=1S/C17H21NO3/c1-2-18(12-13-19)17(20)11-9-15-8-10-16(21-15)14-6-4-3-5-7-14/h3-8,10,19H,2,9,11-13H2,1H3. The van der Waals surface area contributed by atoms with Gasteiger partial charge in [0.25, 0.3) is 0 Å². The molecule has 21 heavy (non-hydrogen) atoms. The van der Waals surface area contributed by atoms with Gasteiger partial charge in [0.05, 0.1) is 6.61 Å². The fourth-order valence-electron chi connectivity index (χ4n) is 2.24. The third-order valence-electron chi connectivity index (χ3n) is 3.41. The second-order valence-corrected chi connectivity index (χ2v) is 4.83. The normalized spacial score (nSPS) is 10.6. The Morgan fingerprint density at radius 2 is 1.95 bits per heavy atom. The number of aliphatic hydroxyl groups is 1. The number of nitrogens with zero attached hydrogens (tertiary/aromatic N) is 1. The van der Waals surface area contributed by atoms with Crippen molar-refractivity contribution >= 4 is 5.91 Å². The van der Waals surface area contributed by atoms with Gasteiger partial charge >= 0.3 is 0 Å². The number of rotatable bonds is 7. The molecule has 0 saturated heterocycles. The molecule has 1 heterocycles. The molecule has 4 nitrogen and oxygen atoms in total. The molecule has 0 aliphatic rings. The summed E-state index contributed by atoms with van der Waals surface area (Å²) in [6.07, 6.45) is 0.975. The van der Waals surface area contributed by atoms with Crippen LogP contribution < -0.4 is 0 Å². The van der Waals surface area contributed by atoms with Crippen molar-refractivity contribution < 1.29 is 14.3 Å². The zero-order valence-corrected chi connectivity index (χ0v) is 12.3. The number of hydrogen-bond acceptors (Lipinski definition) is 3. The van der Waals surface area contributed by atoms with Crippen molar-refractivity contribution in [3.8, 4) is 11.3 Å². The number of carbonyl (C=O) groups excluding carboxylic acids is 1. The van der Waals surface area contributed by atoms with Gasteiger partial charge < -0.3 is 14.4 Å². The molecule has 1 N–H and O–H groups in total. The van der Waals surface area contributed by atoms with Crippen LogP contribution in [0.1, 0.15) is 19.1 Å². The van der Waals surface area contributed by atoms with Gasteiger partial charge in [0.2, 0.25) is 5.91 Å². The van der Waals surface area contributed by atoms with Crippen LogP contribution in [0.3, 0.4) is 0 Å². The van der Waals surface area contributed by atoms with Crippen molar-refractivity contribution in [2.45, 2.75) is 19.8 Å². The SMILES string of the molecule is CCN(CCO)C(=O)CCc1ccc(-c2ccccc2)o1. The quantitative estimate of drug-likeness (QED) is 0.852. The second kappa shape index (κ2) is 7.64. The van der Waals surface area contributed by atoms with E-state index in [4.69, 9.17) is 9.52 Å². The average molecular weight is 287 g/mol. The van der Waals surface area contributed by atoms with Gasteiger partial charge in [-0.3, -0.25) is 4.79 Å². The molecule has 1 amide bonds. The lowest BCUT2D eigenvalue weighted by Crippen LogP contribution is -2.33. The summed E-state index contributed by atoms with van der Waals surface area (Å²) in [4.78, 5) is 13.6. The summed E-state index contributed by atoms with van der Waals surface area (Å²) in [6, 6.07) is 13.7. The van der Waals surface area contributed by atoms with E-state index >= 15 is 0 Å². The Labute approximate surface area is 125 Å². The Bertz CT molecular complexity index is 562. The van der Waals surface area contributed by atoms with E-state index < -0.39 is 0 Å². The Hall–Kier alpha value is -2.07. The van der Waals surface area contributed by atoms with E-state index in [1.807, 2.05) is 49.4 Å². The summed E-state index contributed by atoms with van der Waals surface area (Å²) in [7, 11) is 0. The van der Waals surface area contributed by atoms with Gasteiger partial charge in [-0.25, -0.2) is 0 Å². The van der Waals surface area contributed by atoms with E-state index in [0.29, 0.717) is 25.9 Å². The van der Waals surface area contributed by atoms with E-state index in [-0.39, 0.29) is 12.5 Å². The minimum absolute atomic E-state index is 0.00150. The molecule has 0 aliphatic heterocycles. The summed E-state index contributed by atoms with van der Waals surface area (Å²) in [5.41, 5.74) is 1.03. The highest BCUT2D eigenvalue weighted by molar-refractivity contribution is 5.76. The van der Waals surface area contributed by atoms with Gasteiger partial charge in [-0.05, 0) is 19.1 Å². The van der Waals surface area contributed by atoms with Gasteiger partial charge in [-0.2, -0.15) is 0 Å². The lowest BCUT2D eigenvalue weighted by atomic mass is 10.2. The first-order valence-electron chi connectivity index (χ1n) is 7.27. The molecule has 0 bridgehead atoms. The van der Waals surface area contributed by atoms with Crippen LogP contribution in [0.2, 0.25) is 0 Å². The average Bonchev–Trinajstić information content (AvgIpc) is 3.00. The summed E-state index contributed by atoms with van der Waals surface area (Å²) < 4.78 is 5.77. The number of amides is 1. The molecule has 0 fully saturated rings. The van der Waals surface area contributed by atoms with Crippen LogP contribution in [-0.2, 0) is 11.2 Å². The summed E-state index contributed by atoms with van der Waals surface area (Å²) in [5, 5.41) is 8.92. The third kappa shape index (κ3) is 4.20. The largest absolute Gasteiger partial charge is 0.461 e. The predicted octanol–water partition coefficient (Wildman–Crippen LogP) is 2.72. The Balaban J connectivity index is 1.93. The number of aliphatic hydroxyl groups excluding tert-OH is 1. The Kier molecular flexibility index (Phi) is 5.58. The van der Waals surface area contributed by atoms with Crippen molar-refractivity contribution in [1.29, 1.82) is 0 Å². The number of aryl methyl sites for hydroxylation is 1. The molecule has 112 valence electrons. The molecule has 0 atom stereocenters. The maximum atomic E-state index is 12.0. The minimum Gasteiger partial charge on any atom is -0.461 e. The first-order valence-corrected chi connectivity index (χ1v) is 7.27. The topological polar surface area (TPSA) is 53.7 Å². The van der Waals surface area contributed by atoms with Gasteiger partial charge in [0.1, 0.15) is 11.5 Å². The molecule has 1 aromatic heterocycles. The van der Waals surface area contributed by atoms with Crippen LogP contribution in [0.4, 0.5) is 0 Å². The van der Waals surface area contributed by atoms with Crippen molar-refractivity contribution in [1.82, 2.24) is 4.90 Å². The number of carbonyl (C=O) groups is 1. The maximum absolute atomic E-state index is 12.0. The molecule has 0 aliphatic carbocycles. The van der Waals surface area contributed by atoms with Crippen molar-refractivity contribution in [2.24, 2.45) is 0 Å². The summed E-state index contributed by atoms with van der Waals surface area (Å²) >= 11 is 0. The fourth-order valence-corrected chi connectivity index (χ4v) is 2.24. The molecule has 0 unspecified atom stereocenters. The molecule has 0 saturated carbocycles. The molecule has 2 rings (SSSR count). The van der Waals surface area contributed by atoms with E-state index in [1.165, 1.54) is 0 Å². The van der Waals surface area contributed by atoms with E-state index in [9.17, 15) is 4.79 Å². The third-order valence-corrected chi connectivity index (χ3v) is 3.41. The lowest BCUT2D eigenvalue weighted by molar-refractivity contribution is -0.131. The van der Waals surface area contributed by atoms with Crippen LogP contribution in [-0.4, -0.2) is 35.6 Å². The first kappa shape index (κ1) is 15.3. The molecule has 4 heteroatoms. The first-order chi connectivity index (χ1) is 10.2. The highest BCUT2D eigenvalue weighted by Gasteiger charge is 2.12. The Morgan fingerprint density at radius 3 is 2.62 bits per heavy atom. The van der Waals surface area contributed by atoms with E-state index in [2.05, 4.69) is 0 Å². The van der Waals surface area contributed by atoms with E-state index in [0.717, 1.165) is 17.1 Å². The van der Waals surface area contributed by atoms with Gasteiger partial charge in [-0.1, -0.05) is 30.3 Å². The van der Waals surface area contributed by atoms with Crippen LogP contribution in [0.15, 0.2) is 46.9 Å².